The Morgan fingerprint density at radius 3 is 1.89 bits per heavy atom. The third kappa shape index (κ3) is 4.82. The van der Waals surface area contributed by atoms with Crippen molar-refractivity contribution in [3.8, 4) is 0 Å². The van der Waals surface area contributed by atoms with Gasteiger partial charge < -0.3 is 40.5 Å². The summed E-state index contributed by atoms with van der Waals surface area (Å²) in [5.74, 6) is -1.24. The topological polar surface area (TPSA) is 168 Å². The molecule has 9 heteroatoms. The number of rotatable bonds is 7. The van der Waals surface area contributed by atoms with Gasteiger partial charge in [-0.2, -0.15) is 0 Å². The summed E-state index contributed by atoms with van der Waals surface area (Å²) >= 11 is 0. The fraction of sp³-hybridized carbons (Fsp3) is 0.889. The maximum Gasteiger partial charge on any atom is 0.337 e. The lowest BCUT2D eigenvalue weighted by Gasteiger charge is -2.28. The van der Waals surface area contributed by atoms with Gasteiger partial charge in [0.15, 0.2) is 0 Å². The first-order chi connectivity index (χ1) is 8.22. The highest BCUT2D eigenvalue weighted by molar-refractivity contribution is 5.73. The van der Waals surface area contributed by atoms with Crippen molar-refractivity contribution in [1.29, 1.82) is 0 Å². The Bertz CT molecular complexity index is 256. The number of hydrogen-bond acceptors (Lipinski definition) is 9. The number of carbonyl (C=O) groups is 1. The molecule has 0 rings (SSSR count). The average Bonchev–Trinajstić information content (AvgIpc) is 2.34. The molecule has 0 radical (unpaired) electrons. The molecule has 7 N–H and O–H groups in total. The number of hydrogen-bond donors (Lipinski definition) is 7. The highest BCUT2D eigenvalue weighted by Gasteiger charge is 2.36. The van der Waals surface area contributed by atoms with Crippen molar-refractivity contribution < 1.29 is 45.3 Å². The first-order valence-electron chi connectivity index (χ1n) is 5.12. The van der Waals surface area contributed by atoms with Crippen LogP contribution < -0.4 is 0 Å². The first kappa shape index (κ1) is 17.2. The maximum atomic E-state index is 10.9. The van der Waals surface area contributed by atoms with Gasteiger partial charge in [0.25, 0.3) is 0 Å². The van der Waals surface area contributed by atoms with Crippen LogP contribution >= 0.6 is 0 Å². The van der Waals surface area contributed by atoms with Gasteiger partial charge in [0.05, 0.1) is 6.61 Å². The molecule has 0 saturated heterocycles. The van der Waals surface area contributed by atoms with Gasteiger partial charge in [0.2, 0.25) is 6.29 Å². The smallest absolute Gasteiger partial charge is 0.337 e. The minimum Gasteiger partial charge on any atom is -0.431 e. The molecular weight excluding hydrogens is 252 g/mol. The Balaban J connectivity index is 4.44. The summed E-state index contributed by atoms with van der Waals surface area (Å²) in [7, 11) is 0. The van der Waals surface area contributed by atoms with E-state index in [4.69, 9.17) is 15.3 Å². The molecule has 0 fully saturated rings. The Morgan fingerprint density at radius 2 is 1.50 bits per heavy atom. The van der Waals surface area contributed by atoms with Gasteiger partial charge in [0.1, 0.15) is 30.5 Å². The molecule has 0 aromatic heterocycles. The predicted molar refractivity (Wildman–Crippen MR) is 54.9 cm³/mol. The van der Waals surface area contributed by atoms with E-state index in [9.17, 15) is 25.2 Å². The zero-order chi connectivity index (χ0) is 14.5. The van der Waals surface area contributed by atoms with Crippen molar-refractivity contribution in [2.45, 2.75) is 43.7 Å². The van der Waals surface area contributed by atoms with Crippen molar-refractivity contribution >= 4 is 5.97 Å². The van der Waals surface area contributed by atoms with Crippen molar-refractivity contribution in [2.24, 2.45) is 0 Å². The second-order valence-corrected chi connectivity index (χ2v) is 3.73. The van der Waals surface area contributed by atoms with E-state index in [0.717, 1.165) is 6.92 Å². The third-order valence-electron chi connectivity index (χ3n) is 2.15. The molecule has 18 heavy (non-hydrogen) atoms. The largest absolute Gasteiger partial charge is 0.431 e. The summed E-state index contributed by atoms with van der Waals surface area (Å²) in [6.07, 6.45) is -11.6. The molecule has 0 heterocycles. The van der Waals surface area contributed by atoms with E-state index < -0.39 is 49.4 Å². The van der Waals surface area contributed by atoms with E-state index in [0.29, 0.717) is 0 Å². The quantitative estimate of drug-likeness (QED) is 0.178. The van der Waals surface area contributed by atoms with Crippen LogP contribution in [0.4, 0.5) is 0 Å². The fourth-order valence-electron chi connectivity index (χ4n) is 0.993. The van der Waals surface area contributed by atoms with Crippen molar-refractivity contribution in [1.82, 2.24) is 0 Å². The summed E-state index contributed by atoms with van der Waals surface area (Å²) in [4.78, 5) is 10.9. The van der Waals surface area contributed by atoms with Gasteiger partial charge in [-0.1, -0.05) is 0 Å². The van der Waals surface area contributed by atoms with Gasteiger partial charge in [-0.3, -0.25) is 0 Å². The van der Waals surface area contributed by atoms with Crippen LogP contribution in [0.5, 0.6) is 0 Å². The Morgan fingerprint density at radius 1 is 1.00 bits per heavy atom. The van der Waals surface area contributed by atoms with E-state index in [1.165, 1.54) is 0 Å². The lowest BCUT2D eigenvalue weighted by Crippen LogP contribution is -2.51. The lowest BCUT2D eigenvalue weighted by molar-refractivity contribution is -0.218. The van der Waals surface area contributed by atoms with Crippen LogP contribution in [0.15, 0.2) is 0 Å². The van der Waals surface area contributed by atoms with E-state index >= 15 is 0 Å². The molecule has 0 aromatic carbocycles. The molecule has 0 spiro atoms. The molecule has 0 amide bonds. The van der Waals surface area contributed by atoms with Gasteiger partial charge in [-0.15, -0.1) is 0 Å². The molecule has 0 aromatic rings. The van der Waals surface area contributed by atoms with Gasteiger partial charge in [-0.25, -0.2) is 4.79 Å². The summed E-state index contributed by atoms with van der Waals surface area (Å²) in [5.41, 5.74) is 0. The Kier molecular flexibility index (Phi) is 7.25. The molecule has 0 aliphatic rings. The second kappa shape index (κ2) is 7.59. The lowest BCUT2D eigenvalue weighted by atomic mass is 10.0. The van der Waals surface area contributed by atoms with Crippen LogP contribution in [0, 0.1) is 0 Å². The minimum absolute atomic E-state index is 0.880. The fourth-order valence-corrected chi connectivity index (χ4v) is 0.993. The molecule has 9 nitrogen and oxygen atoms in total. The van der Waals surface area contributed by atoms with E-state index in [2.05, 4.69) is 4.74 Å². The molecular formula is C9H18O9. The highest BCUT2D eigenvalue weighted by atomic mass is 16.7. The number of aliphatic hydroxyl groups is 7. The first-order valence-corrected chi connectivity index (χ1v) is 5.12. The molecule has 108 valence electrons. The van der Waals surface area contributed by atoms with Gasteiger partial charge >= 0.3 is 5.97 Å². The predicted octanol–water partition coefficient (Wildman–Crippen LogP) is -4.34. The van der Waals surface area contributed by atoms with Crippen molar-refractivity contribution in [2.75, 3.05) is 6.61 Å². The van der Waals surface area contributed by atoms with E-state index in [1.807, 2.05) is 0 Å². The van der Waals surface area contributed by atoms with Crippen molar-refractivity contribution in [3.63, 3.8) is 0 Å². The summed E-state index contributed by atoms with van der Waals surface area (Å²) in [6, 6.07) is 0. The highest BCUT2D eigenvalue weighted by Crippen LogP contribution is 2.10. The van der Waals surface area contributed by atoms with Gasteiger partial charge in [0, 0.05) is 0 Å². The zero-order valence-corrected chi connectivity index (χ0v) is 9.62. The molecule has 0 aliphatic carbocycles. The van der Waals surface area contributed by atoms with Crippen LogP contribution in [0.1, 0.15) is 6.92 Å². The molecule has 0 bridgehead atoms. The van der Waals surface area contributed by atoms with E-state index in [1.54, 1.807) is 0 Å². The third-order valence-corrected chi connectivity index (χ3v) is 2.15. The molecule has 6 atom stereocenters. The number of carbonyl (C=O) groups excluding carboxylic acids is 1. The SMILES string of the molecule is CC(O)C(=O)OC(O)[C@@H](O)[C@@H](O)[C@H](O)[C@H](O)CO. The number of aliphatic hydroxyl groups excluding tert-OH is 7. The number of ether oxygens (including phenoxy) is 1. The Hall–Kier alpha value is -0.810. The summed E-state index contributed by atoms with van der Waals surface area (Å²) in [5, 5.41) is 63.3. The van der Waals surface area contributed by atoms with E-state index in [-0.39, 0.29) is 0 Å². The molecule has 2 unspecified atom stereocenters. The standard InChI is InChI=1S/C9H18O9/c1-3(11)8(16)18-9(17)7(15)6(14)5(13)4(12)2-10/h3-7,9-15,17H,2H2,1H3/t3?,4-,5-,6+,7+,9?/m1/s1. The number of esters is 1. The monoisotopic (exact) mass is 270 g/mol. The van der Waals surface area contributed by atoms with Crippen LogP contribution in [-0.4, -0.2) is 85.1 Å². The van der Waals surface area contributed by atoms with Crippen LogP contribution in [0.3, 0.4) is 0 Å². The normalized spacial score (nSPS) is 21.6. The van der Waals surface area contributed by atoms with Crippen LogP contribution in [-0.2, 0) is 9.53 Å². The average molecular weight is 270 g/mol. The summed E-state index contributed by atoms with van der Waals surface area (Å²) < 4.78 is 4.16. The van der Waals surface area contributed by atoms with Gasteiger partial charge in [-0.05, 0) is 6.92 Å². The molecule has 0 aliphatic heterocycles. The van der Waals surface area contributed by atoms with Crippen LogP contribution in [0.2, 0.25) is 0 Å². The Labute approximate surface area is 102 Å². The minimum atomic E-state index is -2.21. The second-order valence-electron chi connectivity index (χ2n) is 3.73. The summed E-state index contributed by atoms with van der Waals surface area (Å²) in [6.45, 7) is 0.177. The van der Waals surface area contributed by atoms with Crippen LogP contribution in [0.25, 0.3) is 0 Å². The molecule has 0 saturated carbocycles. The zero-order valence-electron chi connectivity index (χ0n) is 9.62. The van der Waals surface area contributed by atoms with Crippen molar-refractivity contribution in [3.05, 3.63) is 0 Å². The maximum absolute atomic E-state index is 10.9.